The van der Waals surface area contributed by atoms with Crippen molar-refractivity contribution in [3.05, 3.63) is 188 Å². The molecule has 0 bridgehead atoms. The fourth-order valence-corrected chi connectivity index (χ4v) is 9.76. The predicted octanol–water partition coefficient (Wildman–Crippen LogP) is 14.4. The zero-order chi connectivity index (χ0) is 40.5. The molecule has 0 aliphatic heterocycles. The molecule has 14 rings (SSSR count). The fourth-order valence-electron chi connectivity index (χ4n) is 9.76. The minimum absolute atomic E-state index is 0.517. The third-order valence-electron chi connectivity index (χ3n) is 12.6. The highest BCUT2D eigenvalue weighted by Crippen LogP contribution is 2.42. The highest BCUT2D eigenvalue weighted by Gasteiger charge is 2.24. The van der Waals surface area contributed by atoms with Crippen LogP contribution < -0.4 is 0 Å². The molecule has 7 nitrogen and oxygen atoms in total. The highest BCUT2D eigenvalue weighted by molar-refractivity contribution is 6.15. The number of nitrogens with zero attached hydrogens (tertiary/aromatic N) is 5. The van der Waals surface area contributed by atoms with Crippen molar-refractivity contribution in [2.75, 3.05) is 0 Å². The molecule has 0 atom stereocenters. The van der Waals surface area contributed by atoms with Crippen LogP contribution in [0.25, 0.3) is 133 Å². The molecule has 0 fully saturated rings. The molecule has 0 N–H and O–H groups in total. The Morgan fingerprint density at radius 1 is 0.323 bits per heavy atom. The topological polar surface area (TPSA) is 74.8 Å². The van der Waals surface area contributed by atoms with E-state index in [0.717, 1.165) is 110 Å². The van der Waals surface area contributed by atoms with Crippen LogP contribution in [-0.4, -0.2) is 24.1 Å². The number of hydrogen-bond donors (Lipinski definition) is 0. The zero-order valence-corrected chi connectivity index (χ0v) is 33.0. The van der Waals surface area contributed by atoms with Gasteiger partial charge in [0.25, 0.3) is 0 Å². The van der Waals surface area contributed by atoms with Crippen molar-refractivity contribution in [2.45, 2.75) is 0 Å². The molecule has 9 aromatic carbocycles. The van der Waals surface area contributed by atoms with E-state index in [1.165, 1.54) is 5.39 Å². The van der Waals surface area contributed by atoms with Crippen LogP contribution in [0.4, 0.5) is 0 Å². The van der Waals surface area contributed by atoms with Crippen LogP contribution in [0.15, 0.2) is 197 Å². The summed E-state index contributed by atoms with van der Waals surface area (Å²) in [5.74, 6) is 1.58. The van der Waals surface area contributed by atoms with E-state index < -0.39 is 0 Å². The van der Waals surface area contributed by atoms with Crippen LogP contribution in [-0.2, 0) is 0 Å². The van der Waals surface area contributed by atoms with Crippen LogP contribution in [0, 0.1) is 0 Å². The van der Waals surface area contributed by atoms with Gasteiger partial charge in [0.15, 0.2) is 11.6 Å². The van der Waals surface area contributed by atoms with E-state index in [1.54, 1.807) is 0 Å². The second-order valence-corrected chi connectivity index (χ2v) is 16.0. The van der Waals surface area contributed by atoms with E-state index in [1.807, 2.05) is 30.3 Å². The molecule has 5 aromatic heterocycles. The molecule has 0 amide bonds. The van der Waals surface area contributed by atoms with Gasteiger partial charge in [0.2, 0.25) is 5.95 Å². The lowest BCUT2D eigenvalue weighted by Crippen LogP contribution is -2.08. The number of benzene rings is 9. The average molecular weight is 794 g/mol. The van der Waals surface area contributed by atoms with Gasteiger partial charge in [0.05, 0.1) is 27.8 Å². The number of fused-ring (bicyclic) bond motifs is 13. The molecule has 0 radical (unpaired) electrons. The number of furan rings is 2. The number of aromatic nitrogens is 5. The van der Waals surface area contributed by atoms with Gasteiger partial charge in [-0.3, -0.25) is 4.57 Å². The lowest BCUT2D eigenvalue weighted by molar-refractivity contribution is 0.668. The third kappa shape index (κ3) is 4.73. The second kappa shape index (κ2) is 12.5. The van der Waals surface area contributed by atoms with Gasteiger partial charge in [-0.15, -0.1) is 0 Å². The normalized spacial score (nSPS) is 12.2. The van der Waals surface area contributed by atoms with Crippen molar-refractivity contribution in [1.29, 1.82) is 0 Å². The monoisotopic (exact) mass is 793 g/mol. The largest absolute Gasteiger partial charge is 0.456 e. The molecule has 0 saturated heterocycles. The van der Waals surface area contributed by atoms with E-state index in [4.69, 9.17) is 23.8 Å². The summed E-state index contributed by atoms with van der Waals surface area (Å²) in [6, 6.07) is 65.6. The van der Waals surface area contributed by atoms with Gasteiger partial charge in [-0.1, -0.05) is 121 Å². The van der Waals surface area contributed by atoms with Crippen molar-refractivity contribution in [3.8, 4) is 34.4 Å². The summed E-state index contributed by atoms with van der Waals surface area (Å²) >= 11 is 0. The summed E-state index contributed by atoms with van der Waals surface area (Å²) in [6.45, 7) is 0. The van der Waals surface area contributed by atoms with Gasteiger partial charge in [-0.2, -0.15) is 9.97 Å². The maximum atomic E-state index is 6.63. The van der Waals surface area contributed by atoms with E-state index in [-0.39, 0.29) is 0 Å². The van der Waals surface area contributed by atoms with Crippen molar-refractivity contribution in [2.24, 2.45) is 0 Å². The van der Waals surface area contributed by atoms with Crippen LogP contribution in [0.5, 0.6) is 0 Å². The van der Waals surface area contributed by atoms with Gasteiger partial charge in [-0.25, -0.2) is 4.98 Å². The third-order valence-corrected chi connectivity index (χ3v) is 12.6. The van der Waals surface area contributed by atoms with Crippen molar-refractivity contribution < 1.29 is 8.83 Å². The predicted molar refractivity (Wildman–Crippen MR) is 251 cm³/mol. The molecule has 0 aliphatic rings. The summed E-state index contributed by atoms with van der Waals surface area (Å²) in [5, 5.41) is 11.0. The zero-order valence-electron chi connectivity index (χ0n) is 33.0. The lowest BCUT2D eigenvalue weighted by atomic mass is 10.0. The number of para-hydroxylation sites is 5. The molecule has 288 valence electrons. The molecular weight excluding hydrogens is 763 g/mol. The standard InChI is InChI=1S/C55H31N5O2/c1-2-14-33-28-47-41(27-32(33)13-1)37-17-5-8-20-44(37)59(47)48-31-52-42(39-19-7-12-24-50(39)62-52)30-43(48)54-56-53(34-25-26-40-38-18-6-11-23-49(38)61-51(40)29-34)57-55(58-54)60-45-21-9-3-15-35(45)36-16-4-10-22-46(36)60/h1-31H. The van der Waals surface area contributed by atoms with Gasteiger partial charge in [-0.05, 0) is 71.4 Å². The summed E-state index contributed by atoms with van der Waals surface area (Å²) in [4.78, 5) is 16.3. The van der Waals surface area contributed by atoms with E-state index >= 15 is 0 Å². The van der Waals surface area contributed by atoms with Gasteiger partial charge in [0.1, 0.15) is 22.3 Å². The first-order valence-corrected chi connectivity index (χ1v) is 20.8. The van der Waals surface area contributed by atoms with E-state index in [0.29, 0.717) is 17.6 Å². The summed E-state index contributed by atoms with van der Waals surface area (Å²) in [5.41, 5.74) is 9.94. The quantitative estimate of drug-likeness (QED) is 0.177. The molecule has 0 saturated carbocycles. The maximum Gasteiger partial charge on any atom is 0.238 e. The fraction of sp³-hybridized carbons (Fsp3) is 0. The van der Waals surface area contributed by atoms with Crippen LogP contribution in [0.2, 0.25) is 0 Å². The molecular formula is C55H31N5O2. The van der Waals surface area contributed by atoms with Crippen molar-refractivity contribution in [3.63, 3.8) is 0 Å². The Labute approximate surface area is 352 Å². The Balaban J connectivity index is 1.12. The Morgan fingerprint density at radius 3 is 1.53 bits per heavy atom. The minimum atomic E-state index is 0.517. The SMILES string of the molecule is c1ccc2cc3c(cc2c1)c1ccccc1n3-c1cc2oc3ccccc3c2cc1-c1nc(-c2ccc3c(c2)oc2ccccc23)nc(-n2c3ccccc3c3ccccc32)n1. The van der Waals surface area contributed by atoms with Gasteiger partial charge in [0, 0.05) is 60.3 Å². The molecule has 0 spiro atoms. The first-order valence-electron chi connectivity index (χ1n) is 20.8. The summed E-state index contributed by atoms with van der Waals surface area (Å²) in [7, 11) is 0. The van der Waals surface area contributed by atoms with E-state index in [9.17, 15) is 0 Å². The first kappa shape index (κ1) is 33.3. The molecule has 0 aliphatic carbocycles. The molecule has 7 heteroatoms. The van der Waals surface area contributed by atoms with Gasteiger partial charge >= 0.3 is 0 Å². The second-order valence-electron chi connectivity index (χ2n) is 16.0. The van der Waals surface area contributed by atoms with Gasteiger partial charge < -0.3 is 13.4 Å². The van der Waals surface area contributed by atoms with E-state index in [2.05, 4.69) is 167 Å². The summed E-state index contributed by atoms with van der Waals surface area (Å²) < 4.78 is 17.6. The van der Waals surface area contributed by atoms with Crippen LogP contribution in [0.3, 0.4) is 0 Å². The first-order chi connectivity index (χ1) is 30.7. The minimum Gasteiger partial charge on any atom is -0.456 e. The highest BCUT2D eigenvalue weighted by atomic mass is 16.3. The number of hydrogen-bond acceptors (Lipinski definition) is 5. The Hall–Kier alpha value is -8.55. The Kier molecular flexibility index (Phi) is 6.71. The molecule has 0 unspecified atom stereocenters. The molecule has 5 heterocycles. The summed E-state index contributed by atoms with van der Waals surface area (Å²) in [6.07, 6.45) is 0. The number of rotatable bonds is 4. The van der Waals surface area contributed by atoms with Crippen LogP contribution in [0.1, 0.15) is 0 Å². The maximum absolute atomic E-state index is 6.63. The molecule has 14 aromatic rings. The Morgan fingerprint density at radius 2 is 0.839 bits per heavy atom. The van der Waals surface area contributed by atoms with Crippen LogP contribution >= 0.6 is 0 Å². The van der Waals surface area contributed by atoms with Crippen molar-refractivity contribution in [1.82, 2.24) is 24.1 Å². The molecule has 62 heavy (non-hydrogen) atoms. The Bertz CT molecular complexity index is 4130. The average Bonchev–Trinajstić information content (AvgIpc) is 4.07. The van der Waals surface area contributed by atoms with Crippen molar-refractivity contribution >= 4 is 98.3 Å². The smallest absolute Gasteiger partial charge is 0.238 e. The lowest BCUT2D eigenvalue weighted by Gasteiger charge is -2.16.